The van der Waals surface area contributed by atoms with E-state index in [9.17, 15) is 13.2 Å². The van der Waals surface area contributed by atoms with Gasteiger partial charge in [0.25, 0.3) is 10.0 Å². The highest BCUT2D eigenvalue weighted by molar-refractivity contribution is 7.92. The van der Waals surface area contributed by atoms with E-state index in [1.165, 1.54) is 6.92 Å². The van der Waals surface area contributed by atoms with E-state index in [-0.39, 0.29) is 10.8 Å². The lowest BCUT2D eigenvalue weighted by Crippen LogP contribution is -2.16. The van der Waals surface area contributed by atoms with E-state index in [0.29, 0.717) is 39.4 Å². The number of fused-ring (bicyclic) bond motifs is 1. The van der Waals surface area contributed by atoms with Gasteiger partial charge < -0.3 is 9.15 Å². The Bertz CT molecular complexity index is 2100. The number of benzene rings is 4. The number of rotatable bonds is 8. The van der Waals surface area contributed by atoms with Crippen LogP contribution < -0.4 is 9.46 Å². The van der Waals surface area contributed by atoms with Gasteiger partial charge in [-0.05, 0) is 62.7 Å². The van der Waals surface area contributed by atoms with Crippen molar-refractivity contribution in [3.63, 3.8) is 0 Å². The fourth-order valence-corrected chi connectivity index (χ4v) is 6.50. The highest BCUT2D eigenvalue weighted by Crippen LogP contribution is 2.47. The highest BCUT2D eigenvalue weighted by Gasteiger charge is 2.35. The van der Waals surface area contributed by atoms with Gasteiger partial charge in [0.2, 0.25) is 5.88 Å². The van der Waals surface area contributed by atoms with Crippen LogP contribution >= 0.6 is 0 Å². The first-order valence-corrected chi connectivity index (χ1v) is 15.6. The molecular weight excluding hydrogens is 574 g/mol. The van der Waals surface area contributed by atoms with Crippen molar-refractivity contribution < 1.29 is 22.4 Å². The van der Waals surface area contributed by atoms with Crippen LogP contribution in [-0.4, -0.2) is 24.2 Å². The Balaban J connectivity index is 1.64. The van der Waals surface area contributed by atoms with Gasteiger partial charge in [0.1, 0.15) is 11.3 Å². The van der Waals surface area contributed by atoms with Crippen molar-refractivity contribution in [1.29, 1.82) is 0 Å². The van der Waals surface area contributed by atoms with Crippen LogP contribution in [-0.2, 0) is 14.8 Å². The minimum absolute atomic E-state index is 0.125. The van der Waals surface area contributed by atoms with Crippen LogP contribution in [0.5, 0.6) is 5.88 Å². The summed E-state index contributed by atoms with van der Waals surface area (Å²) in [6.07, 6.45) is 0. The van der Waals surface area contributed by atoms with Gasteiger partial charge >= 0.3 is 5.97 Å². The first kappa shape index (κ1) is 28.9. The lowest BCUT2D eigenvalue weighted by Gasteiger charge is -2.20. The molecule has 1 unspecified atom stereocenters. The second-order valence-corrected chi connectivity index (χ2v) is 12.4. The minimum Gasteiger partial charge on any atom is -0.458 e. The van der Waals surface area contributed by atoms with E-state index < -0.39 is 21.9 Å². The zero-order chi connectivity index (χ0) is 31.0. The lowest BCUT2D eigenvalue weighted by molar-refractivity contribution is -0.132. The second-order valence-electron chi connectivity index (χ2n) is 10.7. The van der Waals surface area contributed by atoms with Crippen molar-refractivity contribution in [3.05, 3.63) is 137 Å². The Morgan fingerprint density at radius 2 is 1.57 bits per heavy atom. The lowest BCUT2D eigenvalue weighted by atomic mass is 9.87. The minimum atomic E-state index is -4.01. The first-order chi connectivity index (χ1) is 21.1. The largest absolute Gasteiger partial charge is 0.458 e. The number of aromatic nitrogens is 2. The average Bonchev–Trinajstić information content (AvgIpc) is 3.51. The monoisotopic (exact) mass is 605 g/mol. The molecule has 0 fully saturated rings. The summed E-state index contributed by atoms with van der Waals surface area (Å²) in [5, 5.41) is 5.40. The maximum Gasteiger partial charge on any atom is 0.309 e. The maximum absolute atomic E-state index is 13.8. The van der Waals surface area contributed by atoms with Crippen molar-refractivity contribution in [2.24, 2.45) is 0 Å². The highest BCUT2D eigenvalue weighted by atomic mass is 32.2. The third-order valence-electron chi connectivity index (χ3n) is 7.42. The summed E-state index contributed by atoms with van der Waals surface area (Å²) in [7, 11) is -4.01. The Hall–Kier alpha value is -5.15. The Morgan fingerprint density at radius 1 is 0.864 bits per heavy atom. The van der Waals surface area contributed by atoms with Gasteiger partial charge in [0, 0.05) is 12.3 Å². The smallest absolute Gasteiger partial charge is 0.309 e. The quantitative estimate of drug-likeness (QED) is 0.181. The summed E-state index contributed by atoms with van der Waals surface area (Å²) in [6, 6.07) is 31.2. The molecule has 0 aliphatic carbocycles. The van der Waals surface area contributed by atoms with Crippen molar-refractivity contribution in [1.82, 2.24) is 9.78 Å². The molecule has 0 aliphatic heterocycles. The number of nitrogens with one attached hydrogen (secondary N) is 1. The number of furan rings is 1. The number of nitrogens with zero attached hydrogens (tertiary/aromatic N) is 2. The van der Waals surface area contributed by atoms with Gasteiger partial charge in [-0.1, -0.05) is 77.9 Å². The molecule has 6 rings (SSSR count). The number of hydrogen-bond donors (Lipinski definition) is 1. The Morgan fingerprint density at radius 3 is 2.27 bits per heavy atom. The number of hydrogen-bond acceptors (Lipinski definition) is 6. The van der Waals surface area contributed by atoms with Gasteiger partial charge in [-0.15, -0.1) is 0 Å². The zero-order valence-electron chi connectivity index (χ0n) is 24.7. The number of sulfonamides is 1. The predicted molar refractivity (Wildman–Crippen MR) is 170 cm³/mol. The summed E-state index contributed by atoms with van der Waals surface area (Å²) in [6.45, 7) is 7.05. The van der Waals surface area contributed by atoms with Crippen molar-refractivity contribution in [2.75, 3.05) is 4.72 Å². The van der Waals surface area contributed by atoms with E-state index in [0.717, 1.165) is 16.7 Å². The van der Waals surface area contributed by atoms with E-state index in [1.54, 1.807) is 35.0 Å². The number of anilines is 1. The van der Waals surface area contributed by atoms with Gasteiger partial charge in [-0.3, -0.25) is 9.52 Å². The molecule has 0 spiro atoms. The second kappa shape index (κ2) is 11.5. The number of esters is 1. The molecule has 0 radical (unpaired) electrons. The first-order valence-electron chi connectivity index (χ1n) is 14.1. The average molecular weight is 606 g/mol. The molecule has 0 aliphatic rings. The predicted octanol–water partition coefficient (Wildman–Crippen LogP) is 7.45. The number of ether oxygens (including phenoxy) is 1. The summed E-state index contributed by atoms with van der Waals surface area (Å²) in [5.41, 5.74) is 5.41. The van der Waals surface area contributed by atoms with Crippen LogP contribution in [0.4, 0.5) is 5.69 Å². The fourth-order valence-electron chi connectivity index (χ4n) is 5.41. The van der Waals surface area contributed by atoms with Crippen LogP contribution in [0, 0.1) is 20.8 Å². The molecule has 1 N–H and O–H groups in total. The van der Waals surface area contributed by atoms with Crippen molar-refractivity contribution in [2.45, 2.75) is 38.5 Å². The van der Waals surface area contributed by atoms with Gasteiger partial charge in [0.15, 0.2) is 0 Å². The SMILES string of the molecule is CC(=O)Oc1c(C(c2cccc(C)c2)c2oc3ccccc3c2NS(=O)(=O)c2ccc(C)cc2)c(C)nn1-c1ccccc1. The number of para-hydroxylation sites is 2. The van der Waals surface area contributed by atoms with Crippen LogP contribution in [0.15, 0.2) is 112 Å². The molecule has 44 heavy (non-hydrogen) atoms. The molecule has 2 aromatic heterocycles. The van der Waals surface area contributed by atoms with Crippen molar-refractivity contribution >= 4 is 32.6 Å². The van der Waals surface area contributed by atoms with Crippen molar-refractivity contribution in [3.8, 4) is 11.6 Å². The molecule has 9 heteroatoms. The molecule has 0 saturated heterocycles. The van der Waals surface area contributed by atoms with E-state index in [4.69, 9.17) is 14.3 Å². The molecule has 0 bridgehead atoms. The van der Waals surface area contributed by atoms with Crippen LogP contribution in [0.25, 0.3) is 16.7 Å². The molecule has 2 heterocycles. The summed E-state index contributed by atoms with van der Waals surface area (Å²) < 4.78 is 44.4. The molecule has 4 aromatic carbocycles. The standard InChI is InChI=1S/C35H31N3O5S/c1-22-17-19-28(20-18-22)44(40,41)37-33-29-15-8-9-16-30(29)43-34(33)32(26-12-10-11-23(2)21-26)31-24(3)36-38(35(31)42-25(4)39)27-13-6-5-7-14-27/h5-21,32,37H,1-4H3. The van der Waals surface area contributed by atoms with Gasteiger partial charge in [-0.2, -0.15) is 5.10 Å². The van der Waals surface area contributed by atoms with E-state index in [1.807, 2.05) is 93.6 Å². The van der Waals surface area contributed by atoms with Crippen LogP contribution in [0.3, 0.4) is 0 Å². The molecule has 0 amide bonds. The molecular formula is C35H31N3O5S. The molecule has 222 valence electrons. The Labute approximate surface area is 256 Å². The number of carbonyl (C=O) groups is 1. The summed E-state index contributed by atoms with van der Waals surface area (Å²) in [5.74, 6) is -0.654. The normalized spacial score (nSPS) is 12.3. The summed E-state index contributed by atoms with van der Waals surface area (Å²) >= 11 is 0. The molecule has 8 nitrogen and oxygen atoms in total. The molecule has 0 saturated carbocycles. The maximum atomic E-state index is 13.8. The third-order valence-corrected chi connectivity index (χ3v) is 8.79. The van der Waals surface area contributed by atoms with E-state index in [2.05, 4.69) is 4.72 Å². The fraction of sp³-hybridized carbons (Fsp3) is 0.143. The Kier molecular flexibility index (Phi) is 7.57. The van der Waals surface area contributed by atoms with Gasteiger partial charge in [0.05, 0.1) is 33.4 Å². The topological polar surface area (TPSA) is 103 Å². The molecule has 1 atom stereocenters. The summed E-state index contributed by atoms with van der Waals surface area (Å²) in [4.78, 5) is 12.6. The number of aryl methyl sites for hydroxylation is 3. The van der Waals surface area contributed by atoms with Crippen LogP contribution in [0.2, 0.25) is 0 Å². The third kappa shape index (κ3) is 5.49. The van der Waals surface area contributed by atoms with Gasteiger partial charge in [-0.25, -0.2) is 13.1 Å². The van der Waals surface area contributed by atoms with E-state index >= 15 is 0 Å². The zero-order valence-corrected chi connectivity index (χ0v) is 25.6. The molecule has 6 aromatic rings. The van der Waals surface area contributed by atoms with Crippen LogP contribution in [0.1, 0.15) is 46.5 Å². The number of carbonyl (C=O) groups excluding carboxylic acids is 1.